The Morgan fingerprint density at radius 1 is 1.10 bits per heavy atom. The maximum atomic E-state index is 11.9. The Morgan fingerprint density at radius 3 is 2.52 bits per heavy atom. The zero-order valence-electron chi connectivity index (χ0n) is 11.1. The van der Waals surface area contributed by atoms with Crippen molar-refractivity contribution in [2.75, 3.05) is 5.32 Å². The number of carbonyl (C=O) groups is 1. The number of imidazole rings is 1. The molecular weight excluding hydrogens is 266 g/mol. The number of aromatic nitrogens is 2. The van der Waals surface area contributed by atoms with Crippen molar-refractivity contribution in [3.63, 3.8) is 0 Å². The number of nitrogens with one attached hydrogen (secondary N) is 2. The van der Waals surface area contributed by atoms with Crippen molar-refractivity contribution in [3.8, 4) is 16.9 Å². The average molecular weight is 279 g/mol. The molecule has 0 aliphatic heterocycles. The lowest BCUT2D eigenvalue weighted by molar-refractivity contribution is 0.102. The van der Waals surface area contributed by atoms with E-state index in [1.807, 2.05) is 24.3 Å². The third kappa shape index (κ3) is 2.76. The van der Waals surface area contributed by atoms with E-state index >= 15 is 0 Å². The van der Waals surface area contributed by atoms with Gasteiger partial charge in [0.15, 0.2) is 0 Å². The van der Waals surface area contributed by atoms with Crippen LogP contribution in [0.4, 0.5) is 5.69 Å². The van der Waals surface area contributed by atoms with Crippen LogP contribution in [0.5, 0.6) is 5.75 Å². The number of phenolic OH excluding ortho intramolecular Hbond substituents is 1. The highest BCUT2D eigenvalue weighted by Crippen LogP contribution is 2.29. The quantitative estimate of drug-likeness (QED) is 0.689. The van der Waals surface area contributed by atoms with Gasteiger partial charge in [-0.2, -0.15) is 0 Å². The number of rotatable bonds is 3. The smallest absolute Gasteiger partial charge is 0.273 e. The van der Waals surface area contributed by atoms with Crippen LogP contribution in [-0.2, 0) is 0 Å². The number of aromatic amines is 1. The Hall–Kier alpha value is -3.08. The molecular formula is C16H13N3O2. The predicted octanol–water partition coefficient (Wildman–Crippen LogP) is 3.03. The molecule has 104 valence electrons. The zero-order valence-corrected chi connectivity index (χ0v) is 11.1. The molecule has 3 aromatic rings. The molecule has 5 heteroatoms. The maximum Gasteiger partial charge on any atom is 0.273 e. The van der Waals surface area contributed by atoms with Crippen molar-refractivity contribution in [2.24, 2.45) is 0 Å². The highest BCUT2D eigenvalue weighted by atomic mass is 16.3. The minimum atomic E-state index is -0.247. The van der Waals surface area contributed by atoms with E-state index in [0.717, 1.165) is 11.1 Å². The van der Waals surface area contributed by atoms with Gasteiger partial charge in [0, 0.05) is 11.3 Å². The highest BCUT2D eigenvalue weighted by molar-refractivity contribution is 6.02. The number of para-hydroxylation sites is 1. The Morgan fingerprint density at radius 2 is 1.86 bits per heavy atom. The molecule has 0 fully saturated rings. The van der Waals surface area contributed by atoms with Crippen LogP contribution in [0.2, 0.25) is 0 Å². The number of hydrogen-bond acceptors (Lipinski definition) is 3. The second-order valence-electron chi connectivity index (χ2n) is 4.51. The third-order valence-corrected chi connectivity index (χ3v) is 3.10. The fraction of sp³-hybridized carbons (Fsp3) is 0. The van der Waals surface area contributed by atoms with Gasteiger partial charge in [0.25, 0.3) is 5.91 Å². The molecule has 3 N–H and O–H groups in total. The van der Waals surface area contributed by atoms with Gasteiger partial charge in [0.05, 0.1) is 12.5 Å². The summed E-state index contributed by atoms with van der Waals surface area (Å²) < 4.78 is 0. The predicted molar refractivity (Wildman–Crippen MR) is 80.1 cm³/mol. The number of aromatic hydroxyl groups is 1. The first-order chi connectivity index (χ1) is 10.2. The van der Waals surface area contributed by atoms with E-state index in [4.69, 9.17) is 0 Å². The van der Waals surface area contributed by atoms with Crippen molar-refractivity contribution in [3.05, 3.63) is 66.7 Å². The molecule has 1 amide bonds. The Labute approximate surface area is 121 Å². The number of phenols is 1. The van der Waals surface area contributed by atoms with Gasteiger partial charge in [-0.25, -0.2) is 4.98 Å². The van der Waals surface area contributed by atoms with Crippen molar-refractivity contribution in [1.29, 1.82) is 0 Å². The van der Waals surface area contributed by atoms with E-state index in [1.54, 1.807) is 24.3 Å². The van der Waals surface area contributed by atoms with Crippen LogP contribution in [0.25, 0.3) is 11.1 Å². The van der Waals surface area contributed by atoms with Crippen LogP contribution in [0.3, 0.4) is 0 Å². The molecule has 1 aromatic heterocycles. The van der Waals surface area contributed by atoms with E-state index in [2.05, 4.69) is 15.3 Å². The minimum Gasteiger partial charge on any atom is -0.507 e. The average Bonchev–Trinajstić information content (AvgIpc) is 3.03. The fourth-order valence-electron chi connectivity index (χ4n) is 2.03. The number of anilines is 1. The molecule has 5 nitrogen and oxygen atoms in total. The summed E-state index contributed by atoms with van der Waals surface area (Å²) in [7, 11) is 0. The molecule has 0 spiro atoms. The molecule has 2 aromatic carbocycles. The summed E-state index contributed by atoms with van der Waals surface area (Å²) in [6.07, 6.45) is 2.92. The molecule has 0 saturated carbocycles. The Bertz CT molecular complexity index is 749. The van der Waals surface area contributed by atoms with E-state index in [0.29, 0.717) is 11.4 Å². The van der Waals surface area contributed by atoms with Crippen molar-refractivity contribution in [2.45, 2.75) is 0 Å². The van der Waals surface area contributed by atoms with Crippen molar-refractivity contribution >= 4 is 11.6 Å². The lowest BCUT2D eigenvalue weighted by Crippen LogP contribution is -2.11. The number of nitrogens with zero attached hydrogens (tertiary/aromatic N) is 1. The van der Waals surface area contributed by atoms with E-state index < -0.39 is 0 Å². The van der Waals surface area contributed by atoms with Crippen LogP contribution < -0.4 is 5.32 Å². The van der Waals surface area contributed by atoms with E-state index in [-0.39, 0.29) is 11.7 Å². The van der Waals surface area contributed by atoms with E-state index in [1.165, 1.54) is 12.5 Å². The van der Waals surface area contributed by atoms with Crippen LogP contribution in [0.15, 0.2) is 61.1 Å². The highest BCUT2D eigenvalue weighted by Gasteiger charge is 2.08. The number of amides is 1. The zero-order chi connectivity index (χ0) is 14.7. The van der Waals surface area contributed by atoms with Crippen LogP contribution in [0.1, 0.15) is 10.5 Å². The van der Waals surface area contributed by atoms with E-state index in [9.17, 15) is 9.90 Å². The van der Waals surface area contributed by atoms with Crippen molar-refractivity contribution < 1.29 is 9.90 Å². The summed E-state index contributed by atoms with van der Waals surface area (Å²) in [6.45, 7) is 0. The molecule has 21 heavy (non-hydrogen) atoms. The number of benzene rings is 2. The molecule has 0 aliphatic carbocycles. The largest absolute Gasteiger partial charge is 0.507 e. The van der Waals surface area contributed by atoms with Gasteiger partial charge in [-0.05, 0) is 23.8 Å². The lowest BCUT2D eigenvalue weighted by atomic mass is 10.0. The summed E-state index contributed by atoms with van der Waals surface area (Å²) in [5.41, 5.74) is 2.71. The monoisotopic (exact) mass is 279 g/mol. The summed E-state index contributed by atoms with van der Waals surface area (Å²) in [6, 6.07) is 14.4. The van der Waals surface area contributed by atoms with Crippen molar-refractivity contribution in [1.82, 2.24) is 9.97 Å². The van der Waals surface area contributed by atoms with Crippen LogP contribution in [-0.4, -0.2) is 21.0 Å². The van der Waals surface area contributed by atoms with Gasteiger partial charge in [-0.15, -0.1) is 0 Å². The SMILES string of the molecule is O=C(Nc1ccc(-c2ccccc2O)cc1)c1cnc[nH]1. The summed E-state index contributed by atoms with van der Waals surface area (Å²) in [4.78, 5) is 18.4. The van der Waals surface area contributed by atoms with Gasteiger partial charge < -0.3 is 15.4 Å². The summed E-state index contributed by atoms with van der Waals surface area (Å²) in [5, 5.41) is 12.6. The van der Waals surface area contributed by atoms with Gasteiger partial charge in [-0.1, -0.05) is 30.3 Å². The number of H-pyrrole nitrogens is 1. The molecule has 0 radical (unpaired) electrons. The maximum absolute atomic E-state index is 11.9. The van der Waals surface area contributed by atoms with Crippen LogP contribution in [0, 0.1) is 0 Å². The van der Waals surface area contributed by atoms with Gasteiger partial charge in [0.1, 0.15) is 11.4 Å². The minimum absolute atomic E-state index is 0.228. The van der Waals surface area contributed by atoms with Gasteiger partial charge in [0.2, 0.25) is 0 Å². The first-order valence-corrected chi connectivity index (χ1v) is 6.42. The topological polar surface area (TPSA) is 78.0 Å². The lowest BCUT2D eigenvalue weighted by Gasteiger charge is -2.07. The Balaban J connectivity index is 1.79. The first kappa shape index (κ1) is 12.9. The fourth-order valence-corrected chi connectivity index (χ4v) is 2.03. The molecule has 0 atom stereocenters. The third-order valence-electron chi connectivity index (χ3n) is 3.10. The molecule has 0 aliphatic rings. The number of carbonyl (C=O) groups excluding carboxylic acids is 1. The molecule has 3 rings (SSSR count). The standard InChI is InChI=1S/C16H13N3O2/c20-15-4-2-1-3-13(15)11-5-7-12(8-6-11)19-16(21)14-9-17-10-18-14/h1-10,20H,(H,17,18)(H,19,21). The summed E-state index contributed by atoms with van der Waals surface area (Å²) >= 11 is 0. The van der Waals surface area contributed by atoms with Crippen LogP contribution >= 0.6 is 0 Å². The molecule has 0 bridgehead atoms. The van der Waals surface area contributed by atoms with Gasteiger partial charge >= 0.3 is 0 Å². The molecule has 0 saturated heterocycles. The number of hydrogen-bond donors (Lipinski definition) is 3. The molecule has 0 unspecified atom stereocenters. The molecule has 1 heterocycles. The Kier molecular flexibility index (Phi) is 3.39. The van der Waals surface area contributed by atoms with Gasteiger partial charge in [-0.3, -0.25) is 4.79 Å². The summed E-state index contributed by atoms with van der Waals surface area (Å²) in [5.74, 6) is -0.0189. The first-order valence-electron chi connectivity index (χ1n) is 6.42. The normalized spacial score (nSPS) is 10.3. The second-order valence-corrected chi connectivity index (χ2v) is 4.51. The second kappa shape index (κ2) is 5.50.